The van der Waals surface area contributed by atoms with Gasteiger partial charge in [0, 0.05) is 6.20 Å². The monoisotopic (exact) mass is 97.1 g/mol. The highest BCUT2D eigenvalue weighted by atomic mass is 15.4. The third kappa shape index (κ3) is 0.972. The topological polar surface area (TPSA) is 62.8 Å². The minimum Gasteiger partial charge on any atom is -0.299 e. The van der Waals surface area contributed by atoms with E-state index in [9.17, 15) is 0 Å². The van der Waals surface area contributed by atoms with E-state index in [1.54, 1.807) is 12.3 Å². The Bertz CT molecular complexity index is 93.5. The maximum atomic E-state index is 5.16. The second-order valence-corrected chi connectivity index (χ2v) is 1.09. The van der Waals surface area contributed by atoms with Gasteiger partial charge >= 0.3 is 0 Å². The zero-order valence-corrected chi connectivity index (χ0v) is 3.63. The summed E-state index contributed by atoms with van der Waals surface area (Å²) >= 11 is 0. The number of nitrogens with zero attached hydrogens (tertiary/aromatic N) is 2. The van der Waals surface area contributed by atoms with Crippen molar-refractivity contribution in [2.75, 3.05) is 0 Å². The maximum Gasteiger partial charge on any atom is 0.195 e. The van der Waals surface area contributed by atoms with Crippen LogP contribution in [0.25, 0.3) is 0 Å². The van der Waals surface area contributed by atoms with Crippen LogP contribution in [0.3, 0.4) is 0 Å². The van der Waals surface area contributed by atoms with Gasteiger partial charge in [-0.25, -0.2) is 0 Å². The summed E-state index contributed by atoms with van der Waals surface area (Å²) in [4.78, 5) is 0. The molecule has 0 saturated heterocycles. The molecule has 0 aromatic rings. The van der Waals surface area contributed by atoms with Crippen LogP contribution in [0.5, 0.6) is 0 Å². The predicted octanol–water partition coefficient (Wildman–Crippen LogP) is -0.0813. The van der Waals surface area contributed by atoms with Gasteiger partial charge in [-0.2, -0.15) is 0 Å². The van der Waals surface area contributed by atoms with Crippen molar-refractivity contribution in [2.45, 2.75) is 0 Å². The highest BCUT2D eigenvalue weighted by molar-refractivity contribution is 5.03. The molecule has 1 rings (SSSR count). The Morgan fingerprint density at radius 3 is 2.86 bits per heavy atom. The van der Waals surface area contributed by atoms with E-state index in [0.717, 1.165) is 0 Å². The molecule has 4 nitrogen and oxygen atoms in total. The summed E-state index contributed by atoms with van der Waals surface area (Å²) in [6.45, 7) is 0. The third-order valence-electron chi connectivity index (χ3n) is 0.552. The zero-order chi connectivity index (χ0) is 5.11. The van der Waals surface area contributed by atoms with Crippen LogP contribution < -0.4 is 11.2 Å². The highest BCUT2D eigenvalue weighted by Crippen LogP contribution is 1.96. The van der Waals surface area contributed by atoms with Crippen molar-refractivity contribution >= 4 is 0 Å². The lowest BCUT2D eigenvalue weighted by atomic mass is 10.5. The first-order valence-electron chi connectivity index (χ1n) is 1.85. The van der Waals surface area contributed by atoms with Crippen molar-refractivity contribution in [1.29, 1.82) is 0 Å². The van der Waals surface area contributed by atoms with Crippen LogP contribution in [-0.4, -0.2) is 0 Å². The molecule has 0 aromatic heterocycles. The second-order valence-electron chi connectivity index (χ2n) is 1.09. The summed E-state index contributed by atoms with van der Waals surface area (Å²) < 4.78 is 0. The Morgan fingerprint density at radius 2 is 2.57 bits per heavy atom. The van der Waals surface area contributed by atoms with Gasteiger partial charge in [-0.15, -0.1) is 5.11 Å². The SMILES string of the molecule is N[C]1C=CNN=N1. The van der Waals surface area contributed by atoms with Gasteiger partial charge in [-0.3, -0.25) is 11.2 Å². The van der Waals surface area contributed by atoms with Gasteiger partial charge < -0.3 is 0 Å². The molecule has 0 aliphatic carbocycles. The molecule has 4 heteroatoms. The van der Waals surface area contributed by atoms with Gasteiger partial charge in [0.25, 0.3) is 0 Å². The van der Waals surface area contributed by atoms with E-state index in [1.807, 2.05) is 0 Å². The minimum atomic E-state index is 0.429. The van der Waals surface area contributed by atoms with E-state index in [0.29, 0.717) is 6.17 Å². The van der Waals surface area contributed by atoms with Crippen molar-refractivity contribution in [3.8, 4) is 0 Å². The van der Waals surface area contributed by atoms with E-state index in [-0.39, 0.29) is 0 Å². The lowest BCUT2D eigenvalue weighted by Crippen LogP contribution is -2.08. The first-order valence-corrected chi connectivity index (χ1v) is 1.85. The van der Waals surface area contributed by atoms with Gasteiger partial charge in [0.1, 0.15) is 0 Å². The van der Waals surface area contributed by atoms with E-state index in [1.165, 1.54) is 0 Å². The molecule has 1 heterocycles. The molecular weight excluding hydrogens is 92.1 g/mol. The molecule has 1 aliphatic rings. The fourth-order valence-electron chi connectivity index (χ4n) is 0.276. The van der Waals surface area contributed by atoms with Gasteiger partial charge in [0.15, 0.2) is 6.17 Å². The number of nitrogens with two attached hydrogens (primary N) is 1. The number of hydrogen-bond acceptors (Lipinski definition) is 4. The Kier molecular flexibility index (Phi) is 1.04. The summed E-state index contributed by atoms with van der Waals surface area (Å²) in [5, 5.41) is 6.84. The third-order valence-corrected chi connectivity index (χ3v) is 0.552. The Balaban J connectivity index is 2.49. The molecule has 1 radical (unpaired) electrons. The molecule has 1 aliphatic heterocycles. The van der Waals surface area contributed by atoms with Gasteiger partial charge in [-0.1, -0.05) is 5.22 Å². The molecule has 0 aromatic carbocycles. The highest BCUT2D eigenvalue weighted by Gasteiger charge is 1.94. The van der Waals surface area contributed by atoms with Crippen molar-refractivity contribution in [2.24, 2.45) is 16.1 Å². The van der Waals surface area contributed by atoms with Crippen molar-refractivity contribution < 1.29 is 0 Å². The maximum absolute atomic E-state index is 5.16. The number of nitrogens with one attached hydrogen (secondary N) is 1. The molecule has 0 unspecified atom stereocenters. The van der Waals surface area contributed by atoms with Crippen LogP contribution in [0.4, 0.5) is 0 Å². The molecule has 0 atom stereocenters. The lowest BCUT2D eigenvalue weighted by molar-refractivity contribution is 0.777. The van der Waals surface area contributed by atoms with Crippen LogP contribution >= 0.6 is 0 Å². The molecule has 0 bridgehead atoms. The zero-order valence-electron chi connectivity index (χ0n) is 3.63. The summed E-state index contributed by atoms with van der Waals surface area (Å²) in [6, 6.07) is 0. The molecule has 7 heavy (non-hydrogen) atoms. The molecule has 0 amide bonds. The molecule has 0 saturated carbocycles. The number of rotatable bonds is 0. The van der Waals surface area contributed by atoms with Gasteiger partial charge in [0.05, 0.1) is 0 Å². The van der Waals surface area contributed by atoms with Crippen LogP contribution in [0.1, 0.15) is 0 Å². The second kappa shape index (κ2) is 1.70. The van der Waals surface area contributed by atoms with E-state index in [4.69, 9.17) is 5.73 Å². The fraction of sp³-hybridized carbons (Fsp3) is 0. The van der Waals surface area contributed by atoms with Crippen LogP contribution in [-0.2, 0) is 0 Å². The average Bonchev–Trinajstić information content (AvgIpc) is 1.69. The summed E-state index contributed by atoms with van der Waals surface area (Å²) in [6.07, 6.45) is 3.67. The molecule has 3 N–H and O–H groups in total. The molecular formula is C3H5N4. The van der Waals surface area contributed by atoms with Crippen molar-refractivity contribution in [3.63, 3.8) is 0 Å². The molecule has 37 valence electrons. The standard InChI is InChI=1S/C3H5N4/c4-3-1-2-5-7-6-3/h1-2H,4H2,(H,5,6). The molecule has 0 fully saturated rings. The fourth-order valence-corrected chi connectivity index (χ4v) is 0.276. The average molecular weight is 97.1 g/mol. The smallest absolute Gasteiger partial charge is 0.195 e. The lowest BCUT2D eigenvalue weighted by Gasteiger charge is -1.98. The van der Waals surface area contributed by atoms with Gasteiger partial charge in [0.2, 0.25) is 0 Å². The van der Waals surface area contributed by atoms with Crippen molar-refractivity contribution in [3.05, 3.63) is 18.4 Å². The first-order chi connectivity index (χ1) is 3.39. The van der Waals surface area contributed by atoms with Crippen LogP contribution in [0, 0.1) is 6.17 Å². The summed E-state index contributed by atoms with van der Waals surface area (Å²) in [5.74, 6) is 0. The largest absolute Gasteiger partial charge is 0.299 e. The normalized spacial score (nSPS) is 19.6. The minimum absolute atomic E-state index is 0.429. The van der Waals surface area contributed by atoms with Crippen LogP contribution in [0.15, 0.2) is 22.6 Å². The quantitative estimate of drug-likeness (QED) is 0.444. The molecule has 0 spiro atoms. The van der Waals surface area contributed by atoms with Crippen molar-refractivity contribution in [1.82, 2.24) is 5.43 Å². The Morgan fingerprint density at radius 1 is 1.71 bits per heavy atom. The Labute approximate surface area is 41.1 Å². The first kappa shape index (κ1) is 4.26. The van der Waals surface area contributed by atoms with Gasteiger partial charge in [-0.05, 0) is 6.08 Å². The number of hydrogen-bond donors (Lipinski definition) is 2. The van der Waals surface area contributed by atoms with E-state index >= 15 is 0 Å². The predicted molar refractivity (Wildman–Crippen MR) is 24.6 cm³/mol. The van der Waals surface area contributed by atoms with E-state index < -0.39 is 0 Å². The van der Waals surface area contributed by atoms with E-state index in [2.05, 4.69) is 15.8 Å². The Hall–Kier alpha value is -0.900. The van der Waals surface area contributed by atoms with Crippen LogP contribution in [0.2, 0.25) is 0 Å². The summed E-state index contributed by atoms with van der Waals surface area (Å²) in [5.41, 5.74) is 7.66. The summed E-state index contributed by atoms with van der Waals surface area (Å²) in [7, 11) is 0.